The highest BCUT2D eigenvalue weighted by molar-refractivity contribution is 5.78. The number of carbonyl (C=O) groups is 2. The number of carbonyl (C=O) groups excluding carboxylic acids is 1. The highest BCUT2D eigenvalue weighted by Crippen LogP contribution is 2.40. The van der Waals surface area contributed by atoms with Gasteiger partial charge in [0.2, 0.25) is 0 Å². The van der Waals surface area contributed by atoms with Gasteiger partial charge in [0.25, 0.3) is 0 Å². The van der Waals surface area contributed by atoms with Crippen LogP contribution < -0.4 is 10.6 Å². The van der Waals surface area contributed by atoms with Crippen LogP contribution in [0.2, 0.25) is 0 Å². The monoisotopic (exact) mass is 274 g/mol. The number of aliphatic carboxylic acids is 1. The summed E-state index contributed by atoms with van der Waals surface area (Å²) in [5, 5.41) is 14.3. The number of ether oxygens (including phenoxy) is 2. The number of urea groups is 1. The standard InChI is InChI=1S/C12H22N2O5/c1-18-7-8-19-6-5-13-11(17)14-9-12(10(15)16)3-2-4-12/h2-9H2,1H3,(H,15,16)(H2,13,14,17). The molecule has 0 aromatic rings. The zero-order valence-corrected chi connectivity index (χ0v) is 11.2. The van der Waals surface area contributed by atoms with Crippen LogP contribution in [0.1, 0.15) is 19.3 Å². The third-order valence-corrected chi connectivity index (χ3v) is 3.32. The molecule has 19 heavy (non-hydrogen) atoms. The molecule has 0 radical (unpaired) electrons. The van der Waals surface area contributed by atoms with Gasteiger partial charge >= 0.3 is 12.0 Å². The summed E-state index contributed by atoms with van der Waals surface area (Å²) in [4.78, 5) is 22.5. The van der Waals surface area contributed by atoms with E-state index in [-0.39, 0.29) is 12.6 Å². The molecule has 0 spiro atoms. The van der Waals surface area contributed by atoms with Gasteiger partial charge in [-0.25, -0.2) is 4.79 Å². The second kappa shape index (κ2) is 7.96. The van der Waals surface area contributed by atoms with E-state index in [1.807, 2.05) is 0 Å². The lowest BCUT2D eigenvalue weighted by Gasteiger charge is -2.37. The molecule has 0 aromatic carbocycles. The molecule has 1 saturated carbocycles. The molecule has 7 heteroatoms. The highest BCUT2D eigenvalue weighted by atomic mass is 16.5. The van der Waals surface area contributed by atoms with Crippen LogP contribution in [0, 0.1) is 5.41 Å². The van der Waals surface area contributed by atoms with Crippen molar-refractivity contribution in [1.82, 2.24) is 10.6 Å². The molecule has 0 aliphatic heterocycles. The summed E-state index contributed by atoms with van der Waals surface area (Å²) in [5.41, 5.74) is -0.758. The third kappa shape index (κ3) is 5.04. The van der Waals surface area contributed by atoms with Crippen LogP contribution in [-0.4, -0.2) is 57.1 Å². The van der Waals surface area contributed by atoms with Crippen molar-refractivity contribution in [3.63, 3.8) is 0 Å². The fourth-order valence-electron chi connectivity index (χ4n) is 1.86. The molecule has 0 unspecified atom stereocenters. The quantitative estimate of drug-likeness (QED) is 0.522. The van der Waals surface area contributed by atoms with Crippen molar-refractivity contribution < 1.29 is 24.2 Å². The Morgan fingerprint density at radius 3 is 2.47 bits per heavy atom. The predicted molar refractivity (Wildman–Crippen MR) is 68.0 cm³/mol. The molecule has 7 nitrogen and oxygen atoms in total. The second-order valence-electron chi connectivity index (χ2n) is 4.65. The van der Waals surface area contributed by atoms with E-state index >= 15 is 0 Å². The highest BCUT2D eigenvalue weighted by Gasteiger charge is 2.44. The van der Waals surface area contributed by atoms with E-state index in [9.17, 15) is 9.59 Å². The van der Waals surface area contributed by atoms with E-state index in [0.717, 1.165) is 6.42 Å². The van der Waals surface area contributed by atoms with Crippen molar-refractivity contribution >= 4 is 12.0 Å². The molecule has 1 rings (SSSR count). The van der Waals surface area contributed by atoms with Gasteiger partial charge in [-0.05, 0) is 12.8 Å². The molecule has 2 amide bonds. The maximum Gasteiger partial charge on any atom is 0.314 e. The van der Waals surface area contributed by atoms with Gasteiger partial charge < -0.3 is 25.2 Å². The Balaban J connectivity index is 2.06. The zero-order valence-electron chi connectivity index (χ0n) is 11.2. The molecule has 0 atom stereocenters. The van der Waals surface area contributed by atoms with Gasteiger partial charge in [-0.3, -0.25) is 4.79 Å². The van der Waals surface area contributed by atoms with Crippen LogP contribution in [0.4, 0.5) is 4.79 Å². The van der Waals surface area contributed by atoms with Gasteiger partial charge in [-0.1, -0.05) is 6.42 Å². The van der Waals surface area contributed by atoms with Crippen LogP contribution >= 0.6 is 0 Å². The van der Waals surface area contributed by atoms with Gasteiger partial charge in [0.05, 0.1) is 25.2 Å². The Morgan fingerprint density at radius 2 is 1.95 bits per heavy atom. The first-order valence-corrected chi connectivity index (χ1v) is 6.42. The topological polar surface area (TPSA) is 96.9 Å². The number of methoxy groups -OCH3 is 1. The lowest BCUT2D eigenvalue weighted by molar-refractivity contribution is -0.153. The fourth-order valence-corrected chi connectivity index (χ4v) is 1.86. The normalized spacial score (nSPS) is 16.5. The van der Waals surface area contributed by atoms with Crippen molar-refractivity contribution in [1.29, 1.82) is 0 Å². The van der Waals surface area contributed by atoms with Crippen molar-refractivity contribution in [2.45, 2.75) is 19.3 Å². The molecule has 0 aromatic heterocycles. The lowest BCUT2D eigenvalue weighted by Crippen LogP contribution is -2.50. The Morgan fingerprint density at radius 1 is 1.21 bits per heavy atom. The van der Waals surface area contributed by atoms with Gasteiger partial charge in [-0.15, -0.1) is 0 Å². The van der Waals surface area contributed by atoms with Crippen LogP contribution in [-0.2, 0) is 14.3 Å². The number of rotatable bonds is 9. The van der Waals surface area contributed by atoms with E-state index in [2.05, 4.69) is 10.6 Å². The Labute approximate surface area is 112 Å². The number of nitrogens with one attached hydrogen (secondary N) is 2. The van der Waals surface area contributed by atoms with Crippen LogP contribution in [0.3, 0.4) is 0 Å². The van der Waals surface area contributed by atoms with Gasteiger partial charge in [-0.2, -0.15) is 0 Å². The number of hydrogen-bond acceptors (Lipinski definition) is 4. The number of carboxylic acid groups (broad SMARTS) is 1. The molecular weight excluding hydrogens is 252 g/mol. The Kier molecular flexibility index (Phi) is 6.58. The molecule has 0 heterocycles. The molecule has 1 aliphatic carbocycles. The lowest BCUT2D eigenvalue weighted by atomic mass is 9.69. The summed E-state index contributed by atoms with van der Waals surface area (Å²) in [6, 6.07) is -0.358. The van der Waals surface area contributed by atoms with Crippen LogP contribution in [0.15, 0.2) is 0 Å². The molecule has 0 saturated heterocycles. The summed E-state index contributed by atoms with van der Waals surface area (Å²) >= 11 is 0. The first-order valence-electron chi connectivity index (χ1n) is 6.42. The number of amides is 2. The van der Waals surface area contributed by atoms with Crippen molar-refractivity contribution in [2.75, 3.05) is 40.0 Å². The van der Waals surface area contributed by atoms with Gasteiger partial charge in [0.1, 0.15) is 0 Å². The van der Waals surface area contributed by atoms with E-state index in [1.54, 1.807) is 7.11 Å². The van der Waals surface area contributed by atoms with Crippen LogP contribution in [0.5, 0.6) is 0 Å². The fraction of sp³-hybridized carbons (Fsp3) is 0.833. The van der Waals surface area contributed by atoms with E-state index in [1.165, 1.54) is 0 Å². The predicted octanol–water partition coefficient (Wildman–Crippen LogP) is 0.204. The van der Waals surface area contributed by atoms with E-state index in [0.29, 0.717) is 39.2 Å². The molecule has 3 N–H and O–H groups in total. The average Bonchev–Trinajstić information content (AvgIpc) is 2.31. The smallest absolute Gasteiger partial charge is 0.314 e. The maximum atomic E-state index is 11.4. The van der Waals surface area contributed by atoms with Crippen molar-refractivity contribution in [2.24, 2.45) is 5.41 Å². The van der Waals surface area contributed by atoms with Crippen molar-refractivity contribution in [3.8, 4) is 0 Å². The summed E-state index contributed by atoms with van der Waals surface area (Å²) in [6.45, 7) is 1.98. The van der Waals surface area contributed by atoms with Crippen LogP contribution in [0.25, 0.3) is 0 Å². The van der Waals surface area contributed by atoms with Gasteiger partial charge in [0.15, 0.2) is 0 Å². The third-order valence-electron chi connectivity index (χ3n) is 3.32. The first kappa shape index (κ1) is 15.7. The average molecular weight is 274 g/mol. The summed E-state index contributed by atoms with van der Waals surface area (Å²) in [6.07, 6.45) is 2.16. The Hall–Kier alpha value is -1.34. The van der Waals surface area contributed by atoms with E-state index in [4.69, 9.17) is 14.6 Å². The summed E-state index contributed by atoms with van der Waals surface area (Å²) < 4.78 is 9.99. The molecule has 110 valence electrons. The SMILES string of the molecule is COCCOCCNC(=O)NCC1(C(=O)O)CCC1. The van der Waals surface area contributed by atoms with Crippen molar-refractivity contribution in [3.05, 3.63) is 0 Å². The minimum Gasteiger partial charge on any atom is -0.481 e. The zero-order chi connectivity index (χ0) is 14.1. The van der Waals surface area contributed by atoms with E-state index < -0.39 is 11.4 Å². The minimum absolute atomic E-state index is 0.179. The number of carboxylic acids is 1. The molecule has 1 fully saturated rings. The first-order chi connectivity index (χ1) is 9.10. The maximum absolute atomic E-state index is 11.4. The molecule has 0 bridgehead atoms. The largest absolute Gasteiger partial charge is 0.481 e. The summed E-state index contributed by atoms with van der Waals surface area (Å²) in [7, 11) is 1.59. The number of hydrogen-bond donors (Lipinski definition) is 3. The van der Waals surface area contributed by atoms with Gasteiger partial charge in [0, 0.05) is 20.2 Å². The Bertz CT molecular complexity index is 304. The molecular formula is C12H22N2O5. The minimum atomic E-state index is -0.832. The summed E-state index contributed by atoms with van der Waals surface area (Å²) in [5.74, 6) is -0.832. The second-order valence-corrected chi connectivity index (χ2v) is 4.65. The molecule has 1 aliphatic rings.